The van der Waals surface area contributed by atoms with Gasteiger partial charge in [-0.05, 0) is 37.0 Å². The van der Waals surface area contributed by atoms with Gasteiger partial charge < -0.3 is 10.1 Å². The lowest BCUT2D eigenvalue weighted by Crippen LogP contribution is -2.42. The SMILES string of the molecule is O=C(Cc1ccc(OC(F)(F)F)cc1)N[C@H]1CCC[C@@H](C(F)(F)F)C1. The van der Waals surface area contributed by atoms with E-state index in [1.54, 1.807) is 0 Å². The standard InChI is InChI=1S/C16H17F6NO2/c17-15(18,19)11-2-1-3-12(9-11)23-14(24)8-10-4-6-13(7-5-10)25-16(20,21)22/h4-7,11-12H,1-3,8-9H2,(H,23,24)/t11-,12+/m1/s1. The van der Waals surface area contributed by atoms with Gasteiger partial charge in [0.2, 0.25) is 5.91 Å². The van der Waals surface area contributed by atoms with Crippen LogP contribution in [0.4, 0.5) is 26.3 Å². The molecule has 140 valence electrons. The van der Waals surface area contributed by atoms with Crippen LogP contribution in [0.1, 0.15) is 31.2 Å². The van der Waals surface area contributed by atoms with Crippen molar-refractivity contribution in [3.63, 3.8) is 0 Å². The molecule has 1 fully saturated rings. The predicted octanol–water partition coefficient (Wildman–Crippen LogP) is 4.37. The van der Waals surface area contributed by atoms with Gasteiger partial charge in [0.25, 0.3) is 0 Å². The molecule has 0 bridgehead atoms. The molecule has 1 aromatic carbocycles. The highest BCUT2D eigenvalue weighted by Crippen LogP contribution is 2.37. The lowest BCUT2D eigenvalue weighted by molar-refractivity contribution is -0.274. The summed E-state index contributed by atoms with van der Waals surface area (Å²) in [4.78, 5) is 11.9. The summed E-state index contributed by atoms with van der Waals surface area (Å²) in [5, 5.41) is 2.57. The molecule has 1 aromatic rings. The van der Waals surface area contributed by atoms with E-state index < -0.39 is 36.2 Å². The van der Waals surface area contributed by atoms with Crippen molar-refractivity contribution in [2.75, 3.05) is 0 Å². The molecule has 0 aromatic heterocycles. The number of hydrogen-bond donors (Lipinski definition) is 1. The molecule has 0 aliphatic heterocycles. The Morgan fingerprint density at radius 2 is 1.72 bits per heavy atom. The molecule has 0 radical (unpaired) electrons. The van der Waals surface area contributed by atoms with Crippen LogP contribution in [0.2, 0.25) is 0 Å². The number of hydrogen-bond acceptors (Lipinski definition) is 2. The normalized spacial score (nSPS) is 21.7. The number of carbonyl (C=O) groups is 1. The minimum atomic E-state index is -4.80. The highest BCUT2D eigenvalue weighted by atomic mass is 19.4. The Morgan fingerprint density at radius 3 is 2.28 bits per heavy atom. The smallest absolute Gasteiger partial charge is 0.406 e. The molecule has 25 heavy (non-hydrogen) atoms. The first kappa shape index (κ1) is 19.4. The minimum absolute atomic E-state index is 0.0660. The topological polar surface area (TPSA) is 38.3 Å². The maximum Gasteiger partial charge on any atom is 0.573 e. The fourth-order valence-corrected chi connectivity index (χ4v) is 2.89. The van der Waals surface area contributed by atoms with E-state index in [2.05, 4.69) is 10.1 Å². The van der Waals surface area contributed by atoms with Crippen molar-refractivity contribution < 1.29 is 35.9 Å². The summed E-state index contributed by atoms with van der Waals surface area (Å²) in [6.45, 7) is 0. The molecule has 1 aliphatic carbocycles. The minimum Gasteiger partial charge on any atom is -0.406 e. The second kappa shape index (κ2) is 7.53. The second-order valence-corrected chi connectivity index (χ2v) is 6.04. The summed E-state index contributed by atoms with van der Waals surface area (Å²) in [6, 6.07) is 4.23. The van der Waals surface area contributed by atoms with Gasteiger partial charge in [0.15, 0.2) is 0 Å². The van der Waals surface area contributed by atoms with Crippen LogP contribution >= 0.6 is 0 Å². The monoisotopic (exact) mass is 369 g/mol. The summed E-state index contributed by atoms with van der Waals surface area (Å²) in [5.41, 5.74) is 0.440. The molecule has 2 atom stereocenters. The van der Waals surface area contributed by atoms with E-state index in [1.165, 1.54) is 12.1 Å². The average Bonchev–Trinajstić information content (AvgIpc) is 2.47. The molecule has 0 unspecified atom stereocenters. The van der Waals surface area contributed by atoms with Crippen molar-refractivity contribution >= 4 is 5.91 Å². The quantitative estimate of drug-likeness (QED) is 0.801. The molecular formula is C16H17F6NO2. The maximum atomic E-state index is 12.7. The zero-order valence-corrected chi connectivity index (χ0v) is 13.1. The summed E-state index contributed by atoms with van der Waals surface area (Å²) in [7, 11) is 0. The highest BCUT2D eigenvalue weighted by molar-refractivity contribution is 5.78. The molecule has 2 rings (SSSR count). The Kier molecular flexibility index (Phi) is 5.84. The summed E-state index contributed by atoms with van der Waals surface area (Å²) >= 11 is 0. The van der Waals surface area contributed by atoms with Crippen LogP contribution in [0, 0.1) is 5.92 Å². The lowest BCUT2D eigenvalue weighted by Gasteiger charge is -2.31. The first-order valence-electron chi connectivity index (χ1n) is 7.74. The van der Waals surface area contributed by atoms with Crippen LogP contribution in [0.25, 0.3) is 0 Å². The summed E-state index contributed by atoms with van der Waals surface area (Å²) in [5.74, 6) is -2.28. The van der Waals surface area contributed by atoms with E-state index in [1.807, 2.05) is 0 Å². The Bertz CT molecular complexity index is 582. The molecular weight excluding hydrogens is 352 g/mol. The van der Waals surface area contributed by atoms with Crippen molar-refractivity contribution in [1.82, 2.24) is 5.32 Å². The maximum absolute atomic E-state index is 12.7. The lowest BCUT2D eigenvalue weighted by atomic mass is 9.85. The van der Waals surface area contributed by atoms with Crippen LogP contribution in [0.3, 0.4) is 0 Å². The van der Waals surface area contributed by atoms with E-state index >= 15 is 0 Å². The molecule has 9 heteroatoms. The number of ether oxygens (including phenoxy) is 1. The third kappa shape index (κ3) is 6.47. The van der Waals surface area contributed by atoms with E-state index in [9.17, 15) is 31.1 Å². The number of amides is 1. The Hall–Kier alpha value is -1.93. The van der Waals surface area contributed by atoms with Gasteiger partial charge in [-0.2, -0.15) is 13.2 Å². The van der Waals surface area contributed by atoms with Crippen LogP contribution < -0.4 is 10.1 Å². The van der Waals surface area contributed by atoms with Crippen molar-refractivity contribution in [3.05, 3.63) is 29.8 Å². The number of halogens is 6. The average molecular weight is 369 g/mol. The van der Waals surface area contributed by atoms with Gasteiger partial charge in [-0.25, -0.2) is 0 Å². The molecule has 0 spiro atoms. The van der Waals surface area contributed by atoms with Gasteiger partial charge in [0.1, 0.15) is 5.75 Å². The molecule has 1 amide bonds. The third-order valence-electron chi connectivity index (χ3n) is 4.02. The van der Waals surface area contributed by atoms with E-state index in [-0.39, 0.29) is 19.3 Å². The third-order valence-corrected chi connectivity index (χ3v) is 4.02. The number of nitrogens with one attached hydrogen (secondary N) is 1. The van der Waals surface area contributed by atoms with Crippen molar-refractivity contribution in [3.8, 4) is 5.75 Å². The van der Waals surface area contributed by atoms with Crippen LogP contribution in [-0.2, 0) is 11.2 Å². The van der Waals surface area contributed by atoms with Crippen LogP contribution in [0.15, 0.2) is 24.3 Å². The van der Waals surface area contributed by atoms with E-state index in [0.717, 1.165) is 12.1 Å². The van der Waals surface area contributed by atoms with Crippen molar-refractivity contribution in [2.24, 2.45) is 5.92 Å². The summed E-state index contributed by atoms with van der Waals surface area (Å²) in [6.07, 6.45) is -8.40. The Balaban J connectivity index is 1.85. The van der Waals surface area contributed by atoms with Gasteiger partial charge in [0.05, 0.1) is 12.3 Å². The molecule has 0 saturated heterocycles. The largest absolute Gasteiger partial charge is 0.573 e. The van der Waals surface area contributed by atoms with Gasteiger partial charge in [0, 0.05) is 6.04 Å². The number of benzene rings is 1. The van der Waals surface area contributed by atoms with E-state index in [4.69, 9.17) is 0 Å². The molecule has 0 heterocycles. The molecule has 1 saturated carbocycles. The first-order chi connectivity index (χ1) is 11.5. The number of rotatable bonds is 4. The molecule has 3 nitrogen and oxygen atoms in total. The first-order valence-corrected chi connectivity index (χ1v) is 7.74. The fraction of sp³-hybridized carbons (Fsp3) is 0.562. The summed E-state index contributed by atoms with van der Waals surface area (Å²) < 4.78 is 78.2. The van der Waals surface area contributed by atoms with Crippen LogP contribution in [0.5, 0.6) is 5.75 Å². The number of carbonyl (C=O) groups excluding carboxylic acids is 1. The van der Waals surface area contributed by atoms with Gasteiger partial charge >= 0.3 is 12.5 Å². The zero-order valence-electron chi connectivity index (χ0n) is 13.1. The highest BCUT2D eigenvalue weighted by Gasteiger charge is 2.42. The molecule has 1 N–H and O–H groups in total. The zero-order chi connectivity index (χ0) is 18.7. The Labute approximate surface area is 140 Å². The van der Waals surface area contributed by atoms with Gasteiger partial charge in [-0.1, -0.05) is 18.6 Å². The second-order valence-electron chi connectivity index (χ2n) is 6.04. The van der Waals surface area contributed by atoms with Gasteiger partial charge in [-0.15, -0.1) is 13.2 Å². The Morgan fingerprint density at radius 1 is 1.08 bits per heavy atom. The molecule has 1 aliphatic rings. The van der Waals surface area contributed by atoms with Gasteiger partial charge in [-0.3, -0.25) is 4.79 Å². The fourth-order valence-electron chi connectivity index (χ4n) is 2.89. The van der Waals surface area contributed by atoms with E-state index in [0.29, 0.717) is 18.4 Å². The van der Waals surface area contributed by atoms with Crippen LogP contribution in [-0.4, -0.2) is 24.5 Å². The predicted molar refractivity (Wildman–Crippen MR) is 76.8 cm³/mol. The number of alkyl halides is 6. The van der Waals surface area contributed by atoms with Crippen molar-refractivity contribution in [2.45, 2.75) is 50.7 Å². The van der Waals surface area contributed by atoms with Crippen molar-refractivity contribution in [1.29, 1.82) is 0 Å².